The Balaban J connectivity index is 1.50. The molecule has 1 amide bonds. The van der Waals surface area contributed by atoms with Gasteiger partial charge in [0.25, 0.3) is 5.56 Å². The normalized spacial score (nSPS) is 13.6. The third-order valence-corrected chi connectivity index (χ3v) is 4.76. The van der Waals surface area contributed by atoms with Gasteiger partial charge < -0.3 is 15.0 Å². The molecule has 1 aromatic carbocycles. The van der Waals surface area contributed by atoms with Gasteiger partial charge in [-0.2, -0.15) is 0 Å². The van der Waals surface area contributed by atoms with Crippen molar-refractivity contribution in [3.8, 4) is 0 Å². The molecule has 3 rings (SSSR count). The van der Waals surface area contributed by atoms with Crippen LogP contribution in [0.3, 0.4) is 0 Å². The average Bonchev–Trinajstić information content (AvgIpc) is 2.74. The van der Waals surface area contributed by atoms with E-state index < -0.39 is 5.82 Å². The summed E-state index contributed by atoms with van der Waals surface area (Å²) in [6.07, 6.45) is 0.274. The minimum atomic E-state index is -0.462. The van der Waals surface area contributed by atoms with Crippen molar-refractivity contribution >= 4 is 34.9 Å². The molecule has 0 bridgehead atoms. The van der Waals surface area contributed by atoms with Crippen LogP contribution in [-0.2, 0) is 16.0 Å². The maximum atomic E-state index is 13.6. The zero-order valence-corrected chi connectivity index (χ0v) is 17.3. The molecule has 1 aliphatic rings. The maximum Gasteiger partial charge on any atom is 0.255 e. The number of thiocarbonyl (C=S) groups is 1. The van der Waals surface area contributed by atoms with Gasteiger partial charge >= 0.3 is 0 Å². The van der Waals surface area contributed by atoms with Crippen LogP contribution in [0.5, 0.6) is 0 Å². The lowest BCUT2D eigenvalue weighted by Gasteiger charge is -2.27. The van der Waals surface area contributed by atoms with Crippen LogP contribution < -0.4 is 26.6 Å². The van der Waals surface area contributed by atoms with Crippen LogP contribution in [0.4, 0.5) is 16.0 Å². The number of rotatable bonds is 5. The van der Waals surface area contributed by atoms with Gasteiger partial charge in [0.2, 0.25) is 11.9 Å². The van der Waals surface area contributed by atoms with Gasteiger partial charge in [-0.1, -0.05) is 12.1 Å². The number of carbonyl (C=O) groups is 1. The fraction of sp³-hybridized carbons (Fsp3) is 0.368. The van der Waals surface area contributed by atoms with E-state index in [0.717, 1.165) is 0 Å². The summed E-state index contributed by atoms with van der Waals surface area (Å²) in [6.45, 7) is 4.25. The lowest BCUT2D eigenvalue weighted by molar-refractivity contribution is -0.121. The number of aryl methyl sites for hydroxylation is 1. The Hall–Kier alpha value is -3.05. The Kier molecular flexibility index (Phi) is 7.31. The van der Waals surface area contributed by atoms with Crippen molar-refractivity contribution in [2.24, 2.45) is 0 Å². The predicted octanol–water partition coefficient (Wildman–Crippen LogP) is 1.00. The van der Waals surface area contributed by atoms with Gasteiger partial charge in [-0.05, 0) is 37.7 Å². The van der Waals surface area contributed by atoms with Crippen LogP contribution in [0, 0.1) is 12.7 Å². The molecule has 0 atom stereocenters. The summed E-state index contributed by atoms with van der Waals surface area (Å²) < 4.78 is 18.9. The number of benzene rings is 1. The second-order valence-corrected chi connectivity index (χ2v) is 7.07. The largest absolute Gasteiger partial charge is 0.378 e. The zero-order valence-electron chi connectivity index (χ0n) is 16.5. The van der Waals surface area contributed by atoms with Crippen LogP contribution in [-0.4, -0.2) is 47.3 Å². The molecule has 160 valence electrons. The lowest BCUT2D eigenvalue weighted by atomic mass is 10.1. The molecule has 1 saturated heterocycles. The SMILES string of the molecule is Cc1nc(N2CCOCC2)[nH]c(=O)c1CCC(=O)NNC(=S)Nc1ccccc1F. The van der Waals surface area contributed by atoms with Gasteiger partial charge in [0.05, 0.1) is 18.9 Å². The number of anilines is 2. The second kappa shape index (κ2) is 10.1. The molecule has 2 heterocycles. The molecule has 1 aromatic heterocycles. The molecule has 1 aliphatic heterocycles. The molecular formula is C19H23FN6O3S. The summed E-state index contributed by atoms with van der Waals surface area (Å²) in [5.41, 5.74) is 5.90. The van der Waals surface area contributed by atoms with Crippen molar-refractivity contribution in [3.63, 3.8) is 0 Å². The van der Waals surface area contributed by atoms with E-state index in [4.69, 9.17) is 17.0 Å². The smallest absolute Gasteiger partial charge is 0.255 e. The third kappa shape index (κ3) is 5.74. The number of hydrazine groups is 1. The molecule has 30 heavy (non-hydrogen) atoms. The average molecular weight is 434 g/mol. The van der Waals surface area contributed by atoms with Crippen LogP contribution >= 0.6 is 12.2 Å². The first-order chi connectivity index (χ1) is 14.4. The van der Waals surface area contributed by atoms with Gasteiger partial charge in [0.15, 0.2) is 5.11 Å². The van der Waals surface area contributed by atoms with Crippen LogP contribution in [0.15, 0.2) is 29.1 Å². The number of nitrogens with one attached hydrogen (secondary N) is 4. The summed E-state index contributed by atoms with van der Waals surface area (Å²) in [4.78, 5) is 33.7. The Morgan fingerprint density at radius 3 is 2.73 bits per heavy atom. The highest BCUT2D eigenvalue weighted by molar-refractivity contribution is 7.80. The van der Waals surface area contributed by atoms with Crippen molar-refractivity contribution < 1.29 is 13.9 Å². The molecule has 0 unspecified atom stereocenters. The number of nitrogens with zero attached hydrogens (tertiary/aromatic N) is 2. The van der Waals surface area contributed by atoms with Crippen molar-refractivity contribution in [2.45, 2.75) is 19.8 Å². The van der Waals surface area contributed by atoms with E-state index in [-0.39, 0.29) is 35.1 Å². The molecule has 1 fully saturated rings. The number of hydrogen-bond acceptors (Lipinski definition) is 6. The van der Waals surface area contributed by atoms with Crippen molar-refractivity contribution in [3.05, 3.63) is 51.7 Å². The number of ether oxygens (including phenoxy) is 1. The molecule has 0 aliphatic carbocycles. The molecule has 9 nitrogen and oxygen atoms in total. The fourth-order valence-electron chi connectivity index (χ4n) is 2.96. The first-order valence-corrected chi connectivity index (χ1v) is 9.87. The molecule has 0 spiro atoms. The van der Waals surface area contributed by atoms with Gasteiger partial charge in [-0.15, -0.1) is 0 Å². The number of H-pyrrole nitrogens is 1. The quantitative estimate of drug-likeness (QED) is 0.408. The van der Waals surface area contributed by atoms with Crippen LogP contribution in [0.1, 0.15) is 17.7 Å². The molecular weight excluding hydrogens is 411 g/mol. The van der Waals surface area contributed by atoms with Crippen LogP contribution in [0.2, 0.25) is 0 Å². The number of aromatic nitrogens is 2. The van der Waals surface area contributed by atoms with Crippen LogP contribution in [0.25, 0.3) is 0 Å². The van der Waals surface area contributed by atoms with Gasteiger partial charge in [0, 0.05) is 30.8 Å². The predicted molar refractivity (Wildman–Crippen MR) is 115 cm³/mol. The van der Waals surface area contributed by atoms with E-state index in [1.165, 1.54) is 12.1 Å². The maximum absolute atomic E-state index is 13.6. The van der Waals surface area contributed by atoms with Gasteiger partial charge in [0.1, 0.15) is 5.82 Å². The number of para-hydroxylation sites is 1. The molecule has 0 radical (unpaired) electrons. The Morgan fingerprint density at radius 1 is 1.30 bits per heavy atom. The monoisotopic (exact) mass is 434 g/mol. The summed E-state index contributed by atoms with van der Waals surface area (Å²) in [5, 5.41) is 2.69. The van der Waals surface area contributed by atoms with Crippen molar-refractivity contribution in [1.82, 2.24) is 20.8 Å². The van der Waals surface area contributed by atoms with E-state index in [2.05, 4.69) is 26.1 Å². The molecule has 2 aromatic rings. The summed E-state index contributed by atoms with van der Waals surface area (Å²) >= 11 is 5.03. The number of halogens is 1. The Morgan fingerprint density at radius 2 is 2.03 bits per heavy atom. The van der Waals surface area contributed by atoms with E-state index in [1.54, 1.807) is 19.1 Å². The number of hydrogen-bond donors (Lipinski definition) is 4. The molecule has 0 saturated carbocycles. The van der Waals surface area contributed by atoms with Crippen molar-refractivity contribution in [2.75, 3.05) is 36.5 Å². The zero-order chi connectivity index (χ0) is 21.5. The third-order valence-electron chi connectivity index (χ3n) is 4.56. The number of aromatic amines is 1. The number of morpholine rings is 1. The Labute approximate surface area is 178 Å². The highest BCUT2D eigenvalue weighted by Gasteiger charge is 2.17. The van der Waals surface area contributed by atoms with E-state index in [9.17, 15) is 14.0 Å². The van der Waals surface area contributed by atoms with E-state index in [1.807, 2.05) is 4.90 Å². The molecule has 4 N–H and O–H groups in total. The highest BCUT2D eigenvalue weighted by Crippen LogP contribution is 2.12. The standard InChI is InChI=1S/C19H23FN6O3S/c1-12-13(17(28)23-18(21-12)26-8-10-29-11-9-26)6-7-16(27)24-25-19(30)22-15-5-3-2-4-14(15)20/h2-5H,6-11H2,1H3,(H,24,27)(H,21,23,28)(H2,22,25,30). The van der Waals surface area contributed by atoms with Crippen molar-refractivity contribution in [1.29, 1.82) is 0 Å². The van der Waals surface area contributed by atoms with Gasteiger partial charge in [-0.3, -0.25) is 25.4 Å². The number of carbonyl (C=O) groups excluding carboxylic acids is 1. The summed E-state index contributed by atoms with van der Waals surface area (Å²) in [7, 11) is 0. The first kappa shape index (κ1) is 21.7. The summed E-state index contributed by atoms with van der Waals surface area (Å²) in [5.74, 6) is -0.320. The topological polar surface area (TPSA) is 111 Å². The summed E-state index contributed by atoms with van der Waals surface area (Å²) in [6, 6.07) is 6.03. The minimum Gasteiger partial charge on any atom is -0.378 e. The van der Waals surface area contributed by atoms with E-state index >= 15 is 0 Å². The lowest BCUT2D eigenvalue weighted by Crippen LogP contribution is -2.44. The van der Waals surface area contributed by atoms with E-state index in [0.29, 0.717) is 43.5 Å². The highest BCUT2D eigenvalue weighted by atomic mass is 32.1. The number of amides is 1. The van der Waals surface area contributed by atoms with Gasteiger partial charge in [-0.25, -0.2) is 9.37 Å². The first-order valence-electron chi connectivity index (χ1n) is 9.47. The molecule has 11 heteroatoms. The second-order valence-electron chi connectivity index (χ2n) is 6.66. The fourth-order valence-corrected chi connectivity index (χ4v) is 3.12. The Bertz CT molecular complexity index is 977. The minimum absolute atomic E-state index is 0.0407.